The molecular weight excluding hydrogens is 595 g/mol. The number of hydrogen-bond acceptors (Lipinski definition) is 4. The van der Waals surface area contributed by atoms with E-state index in [1.165, 1.54) is 16.4 Å². The molecule has 12 heteroatoms. The fraction of sp³-hybridized carbons (Fsp3) is 0.286. The second kappa shape index (κ2) is 11.6. The molecule has 1 fully saturated rings. The molecule has 2 aliphatic heterocycles. The Morgan fingerprint density at radius 1 is 0.825 bits per heavy atom. The number of rotatable bonds is 4. The third-order valence-electron chi connectivity index (χ3n) is 7.28. The molecule has 0 aromatic heterocycles. The average molecular weight is 622 g/mol. The summed E-state index contributed by atoms with van der Waals surface area (Å²) in [5.41, 5.74) is 3.22. The minimum Gasteiger partial charge on any atom is -0.338 e. The molecule has 2 aliphatic rings. The Kier molecular flexibility index (Phi) is 8.31. The van der Waals surface area contributed by atoms with E-state index in [0.29, 0.717) is 23.8 Å². The lowest BCUT2D eigenvalue weighted by Gasteiger charge is -2.40. The standard InChI is InChI=1S/C28H27Cl3N4O4S/c1-18-9-10-21(16-24(18)31)32-28(37)34-13-11-33(12-14-34)27(36)25-15-19-5-2-3-6-20(19)17-35(25)40(38,39)26-22(29)7-4-8-23(26)30/h2-10,16,25H,11-15,17H2,1H3,(H,32,37). The normalized spacial score (nSPS) is 17.9. The predicted octanol–water partition coefficient (Wildman–Crippen LogP) is 5.45. The monoisotopic (exact) mass is 620 g/mol. The minimum atomic E-state index is -4.23. The van der Waals surface area contributed by atoms with Gasteiger partial charge in [0.25, 0.3) is 0 Å². The van der Waals surface area contributed by atoms with Crippen molar-refractivity contribution in [2.24, 2.45) is 0 Å². The van der Waals surface area contributed by atoms with Crippen LogP contribution in [0.2, 0.25) is 15.1 Å². The Labute approximate surface area is 248 Å². The molecule has 40 heavy (non-hydrogen) atoms. The van der Waals surface area contributed by atoms with Crippen molar-refractivity contribution < 1.29 is 18.0 Å². The van der Waals surface area contributed by atoms with Crippen molar-refractivity contribution in [3.63, 3.8) is 0 Å². The number of aryl methyl sites for hydroxylation is 1. The Morgan fingerprint density at radius 3 is 2.10 bits per heavy atom. The number of hydrogen-bond donors (Lipinski definition) is 1. The summed E-state index contributed by atoms with van der Waals surface area (Å²) in [5.74, 6) is -0.327. The SMILES string of the molecule is Cc1ccc(NC(=O)N2CCN(C(=O)C3Cc4ccccc4CN3S(=O)(=O)c3c(Cl)cccc3Cl)CC2)cc1Cl. The lowest BCUT2D eigenvalue weighted by molar-refractivity contribution is -0.137. The van der Waals surface area contributed by atoms with Crippen LogP contribution in [0.3, 0.4) is 0 Å². The molecule has 3 aromatic rings. The van der Waals surface area contributed by atoms with Crippen LogP contribution < -0.4 is 5.32 Å². The van der Waals surface area contributed by atoms with Crippen molar-refractivity contribution in [3.05, 3.63) is 92.4 Å². The zero-order valence-corrected chi connectivity index (χ0v) is 24.7. The molecule has 1 saturated heterocycles. The van der Waals surface area contributed by atoms with E-state index in [2.05, 4.69) is 5.32 Å². The van der Waals surface area contributed by atoms with Gasteiger partial charge in [-0.15, -0.1) is 0 Å². The summed E-state index contributed by atoms with van der Waals surface area (Å²) in [4.78, 5) is 29.7. The topological polar surface area (TPSA) is 90.0 Å². The summed E-state index contributed by atoms with van der Waals surface area (Å²) < 4.78 is 29.0. The van der Waals surface area contributed by atoms with E-state index in [0.717, 1.165) is 16.7 Å². The van der Waals surface area contributed by atoms with Crippen molar-refractivity contribution in [1.82, 2.24) is 14.1 Å². The van der Waals surface area contributed by atoms with Gasteiger partial charge in [-0.1, -0.05) is 71.2 Å². The highest BCUT2D eigenvalue weighted by Gasteiger charge is 2.43. The van der Waals surface area contributed by atoms with Crippen LogP contribution in [0, 0.1) is 6.92 Å². The average Bonchev–Trinajstić information content (AvgIpc) is 2.93. The summed E-state index contributed by atoms with van der Waals surface area (Å²) >= 11 is 18.8. The van der Waals surface area contributed by atoms with E-state index < -0.39 is 16.1 Å². The number of anilines is 1. The van der Waals surface area contributed by atoms with Crippen LogP contribution in [0.4, 0.5) is 10.5 Å². The van der Waals surface area contributed by atoms with Gasteiger partial charge in [-0.25, -0.2) is 13.2 Å². The number of nitrogens with one attached hydrogen (secondary N) is 1. The number of amides is 3. The summed E-state index contributed by atoms with van der Waals surface area (Å²) in [6, 6.07) is 16.0. The van der Waals surface area contributed by atoms with Gasteiger partial charge in [0.1, 0.15) is 10.9 Å². The number of urea groups is 1. The molecule has 3 aromatic carbocycles. The van der Waals surface area contributed by atoms with Gasteiger partial charge in [0, 0.05) is 43.4 Å². The highest BCUT2D eigenvalue weighted by Crippen LogP contribution is 2.36. The molecule has 1 N–H and O–H groups in total. The lowest BCUT2D eigenvalue weighted by Crippen LogP contribution is -2.58. The second-order valence-electron chi connectivity index (χ2n) is 9.80. The van der Waals surface area contributed by atoms with E-state index in [4.69, 9.17) is 34.8 Å². The first kappa shape index (κ1) is 28.7. The summed E-state index contributed by atoms with van der Waals surface area (Å²) in [7, 11) is -4.23. The fourth-order valence-corrected chi connectivity index (χ4v) is 7.86. The number of carbonyl (C=O) groups excluding carboxylic acids is 2. The molecule has 8 nitrogen and oxygen atoms in total. The van der Waals surface area contributed by atoms with Gasteiger partial charge in [-0.05, 0) is 54.3 Å². The van der Waals surface area contributed by atoms with Crippen LogP contribution in [-0.2, 0) is 27.8 Å². The number of sulfonamides is 1. The molecule has 1 atom stereocenters. The van der Waals surface area contributed by atoms with Crippen molar-refractivity contribution in [2.75, 3.05) is 31.5 Å². The van der Waals surface area contributed by atoms with Crippen molar-refractivity contribution in [2.45, 2.75) is 30.8 Å². The Hall–Kier alpha value is -2.82. The molecule has 3 amide bonds. The van der Waals surface area contributed by atoms with E-state index in [-0.39, 0.29) is 52.9 Å². The van der Waals surface area contributed by atoms with Crippen LogP contribution in [0.5, 0.6) is 0 Å². The van der Waals surface area contributed by atoms with E-state index in [1.807, 2.05) is 37.3 Å². The molecule has 5 rings (SSSR count). The summed E-state index contributed by atoms with van der Waals surface area (Å²) in [6.07, 6.45) is 0.213. The summed E-state index contributed by atoms with van der Waals surface area (Å²) in [6.45, 7) is 3.01. The smallest absolute Gasteiger partial charge is 0.321 e. The third kappa shape index (κ3) is 5.66. The maximum absolute atomic E-state index is 13.9. The van der Waals surface area contributed by atoms with E-state index in [9.17, 15) is 18.0 Å². The van der Waals surface area contributed by atoms with Crippen LogP contribution in [0.25, 0.3) is 0 Å². The first-order valence-corrected chi connectivity index (χ1v) is 15.3. The molecule has 0 saturated carbocycles. The number of benzene rings is 3. The maximum Gasteiger partial charge on any atom is 0.321 e. The molecular formula is C28H27Cl3N4O4S. The molecule has 0 bridgehead atoms. The largest absolute Gasteiger partial charge is 0.338 e. The molecule has 210 valence electrons. The van der Waals surface area contributed by atoms with Crippen molar-refractivity contribution in [3.8, 4) is 0 Å². The summed E-state index contributed by atoms with van der Waals surface area (Å²) in [5, 5.41) is 3.38. The molecule has 0 spiro atoms. The van der Waals surface area contributed by atoms with Crippen LogP contribution in [0.15, 0.2) is 65.6 Å². The number of nitrogens with zero attached hydrogens (tertiary/aromatic N) is 3. The van der Waals surface area contributed by atoms with Gasteiger partial charge in [0.2, 0.25) is 15.9 Å². The van der Waals surface area contributed by atoms with Gasteiger partial charge < -0.3 is 15.1 Å². The van der Waals surface area contributed by atoms with Crippen molar-refractivity contribution in [1.29, 1.82) is 0 Å². The Bertz CT molecular complexity index is 1560. The number of piperazine rings is 1. The molecule has 0 aliphatic carbocycles. The number of halogens is 3. The second-order valence-corrected chi connectivity index (χ2v) is 12.8. The van der Waals surface area contributed by atoms with E-state index in [1.54, 1.807) is 28.0 Å². The quantitative estimate of drug-likeness (QED) is 0.420. The third-order valence-corrected chi connectivity index (χ3v) is 10.5. The fourth-order valence-electron chi connectivity index (χ4n) is 5.02. The maximum atomic E-state index is 13.9. The zero-order valence-electron chi connectivity index (χ0n) is 21.6. The van der Waals surface area contributed by atoms with Crippen molar-refractivity contribution >= 4 is 62.5 Å². The Balaban J connectivity index is 1.34. The lowest BCUT2D eigenvalue weighted by atomic mass is 9.95. The van der Waals surface area contributed by atoms with Gasteiger partial charge in [-0.3, -0.25) is 4.79 Å². The van der Waals surface area contributed by atoms with Gasteiger partial charge in [0.05, 0.1) is 10.0 Å². The predicted molar refractivity (Wildman–Crippen MR) is 156 cm³/mol. The van der Waals surface area contributed by atoms with Crippen LogP contribution >= 0.6 is 34.8 Å². The first-order valence-electron chi connectivity index (χ1n) is 12.7. The first-order chi connectivity index (χ1) is 19.1. The molecule has 2 heterocycles. The highest BCUT2D eigenvalue weighted by atomic mass is 35.5. The minimum absolute atomic E-state index is 0.00736. The van der Waals surface area contributed by atoms with Gasteiger partial charge >= 0.3 is 6.03 Å². The molecule has 0 radical (unpaired) electrons. The van der Waals surface area contributed by atoms with Crippen LogP contribution in [-0.4, -0.2) is 66.7 Å². The highest BCUT2D eigenvalue weighted by molar-refractivity contribution is 7.89. The molecule has 1 unspecified atom stereocenters. The van der Waals surface area contributed by atoms with Crippen LogP contribution in [0.1, 0.15) is 16.7 Å². The number of carbonyl (C=O) groups is 2. The van der Waals surface area contributed by atoms with E-state index >= 15 is 0 Å². The zero-order chi connectivity index (χ0) is 28.6. The van der Waals surface area contributed by atoms with Gasteiger partial charge in [-0.2, -0.15) is 4.31 Å². The number of fused-ring (bicyclic) bond motifs is 1. The Morgan fingerprint density at radius 2 is 1.45 bits per heavy atom. The van der Waals surface area contributed by atoms with Gasteiger partial charge in [0.15, 0.2) is 0 Å².